The molecule has 0 aliphatic carbocycles. The van der Waals surface area contributed by atoms with E-state index in [4.69, 9.17) is 5.73 Å². The second-order valence-electron chi connectivity index (χ2n) is 5.41. The molecule has 3 aromatic heterocycles. The molecule has 3 aromatic rings. The summed E-state index contributed by atoms with van der Waals surface area (Å²) in [6.07, 6.45) is 5.08. The number of imidazole rings is 1. The lowest BCUT2D eigenvalue weighted by Gasteiger charge is -2.03. The van der Waals surface area contributed by atoms with Crippen molar-refractivity contribution in [3.8, 4) is 0 Å². The van der Waals surface area contributed by atoms with E-state index < -0.39 is 0 Å². The first-order valence-corrected chi connectivity index (χ1v) is 9.20. The average Bonchev–Trinajstić information content (AvgIpc) is 2.90. The molecular formula is C17H19Br2N5O. The van der Waals surface area contributed by atoms with E-state index >= 15 is 0 Å². The molecule has 0 saturated heterocycles. The summed E-state index contributed by atoms with van der Waals surface area (Å²) in [6.45, 7) is 6.00. The molecule has 0 aliphatic heterocycles. The van der Waals surface area contributed by atoms with Crippen LogP contribution in [0.25, 0.3) is 5.65 Å². The molecule has 0 fully saturated rings. The fourth-order valence-corrected chi connectivity index (χ4v) is 2.76. The second kappa shape index (κ2) is 8.44. The largest absolute Gasteiger partial charge is 0.384 e. The van der Waals surface area contributed by atoms with Crippen LogP contribution in [0.2, 0.25) is 0 Å². The minimum atomic E-state index is 0.565. The maximum absolute atomic E-state index is 10.6. The number of aryl methyl sites for hydroxylation is 3. The average molecular weight is 469 g/mol. The van der Waals surface area contributed by atoms with Crippen molar-refractivity contribution < 1.29 is 4.79 Å². The number of nitrogen functional groups attached to an aromatic ring is 1. The molecule has 3 heterocycles. The quantitative estimate of drug-likeness (QED) is 0.562. The number of hydrogen-bond donors (Lipinski definition) is 2. The minimum Gasteiger partial charge on any atom is -0.384 e. The Morgan fingerprint density at radius 1 is 1.24 bits per heavy atom. The normalized spacial score (nSPS) is 10.3. The van der Waals surface area contributed by atoms with E-state index in [0.717, 1.165) is 43.7 Å². The van der Waals surface area contributed by atoms with Crippen LogP contribution in [-0.2, 0) is 11.2 Å². The molecule has 0 aromatic carbocycles. The van der Waals surface area contributed by atoms with Gasteiger partial charge >= 0.3 is 0 Å². The third-order valence-electron chi connectivity index (χ3n) is 3.57. The highest BCUT2D eigenvalue weighted by Gasteiger charge is 2.11. The van der Waals surface area contributed by atoms with Crippen LogP contribution < -0.4 is 11.1 Å². The van der Waals surface area contributed by atoms with Crippen LogP contribution in [0.3, 0.4) is 0 Å². The fourth-order valence-electron chi connectivity index (χ4n) is 2.23. The molecule has 0 atom stereocenters. The monoisotopic (exact) mass is 467 g/mol. The van der Waals surface area contributed by atoms with Crippen LogP contribution in [0.1, 0.15) is 23.7 Å². The number of rotatable bonds is 3. The van der Waals surface area contributed by atoms with Crippen molar-refractivity contribution in [1.82, 2.24) is 14.4 Å². The van der Waals surface area contributed by atoms with Crippen molar-refractivity contribution >= 4 is 55.6 Å². The Hall–Kier alpha value is -1.93. The highest BCUT2D eigenvalue weighted by molar-refractivity contribution is 9.10. The Bertz CT molecular complexity index is 908. The number of carbonyl (C=O) groups is 1. The molecule has 6 nitrogen and oxygen atoms in total. The zero-order chi connectivity index (χ0) is 18.6. The Morgan fingerprint density at radius 3 is 2.48 bits per heavy atom. The number of nitrogens with zero attached hydrogens (tertiary/aromatic N) is 3. The predicted octanol–water partition coefficient (Wildman–Crippen LogP) is 4.27. The smallest absolute Gasteiger partial charge is 0.212 e. The Labute approximate surface area is 163 Å². The van der Waals surface area contributed by atoms with Gasteiger partial charge in [-0.05, 0) is 75.4 Å². The number of halogens is 2. The lowest BCUT2D eigenvalue weighted by molar-refractivity contribution is -0.105. The molecule has 0 bridgehead atoms. The summed E-state index contributed by atoms with van der Waals surface area (Å²) in [5.74, 6) is 1.31. The number of aromatic nitrogens is 3. The van der Waals surface area contributed by atoms with Gasteiger partial charge < -0.3 is 11.1 Å². The number of nitrogens with two attached hydrogens (primary N) is 1. The van der Waals surface area contributed by atoms with Gasteiger partial charge in [0.15, 0.2) is 0 Å². The molecule has 0 spiro atoms. The van der Waals surface area contributed by atoms with E-state index in [9.17, 15) is 4.79 Å². The SMILES string of the molecule is CCc1nc2cc(C)c(Br)cn2c1NC=O.Cc1cc(N)ncc1Br. The van der Waals surface area contributed by atoms with Gasteiger partial charge in [0.1, 0.15) is 17.3 Å². The van der Waals surface area contributed by atoms with E-state index in [1.807, 2.05) is 43.5 Å². The highest BCUT2D eigenvalue weighted by atomic mass is 79.9. The third-order valence-corrected chi connectivity index (χ3v) is 5.23. The second-order valence-corrected chi connectivity index (χ2v) is 7.12. The zero-order valence-electron chi connectivity index (χ0n) is 14.2. The van der Waals surface area contributed by atoms with Crippen molar-refractivity contribution in [2.45, 2.75) is 27.2 Å². The van der Waals surface area contributed by atoms with Crippen LogP contribution in [0.4, 0.5) is 11.6 Å². The van der Waals surface area contributed by atoms with E-state index in [1.54, 1.807) is 6.20 Å². The van der Waals surface area contributed by atoms with Crippen molar-refractivity contribution in [3.63, 3.8) is 0 Å². The summed E-state index contributed by atoms with van der Waals surface area (Å²) >= 11 is 6.78. The van der Waals surface area contributed by atoms with Crippen LogP contribution in [0.15, 0.2) is 33.5 Å². The summed E-state index contributed by atoms with van der Waals surface area (Å²) in [5, 5.41) is 2.70. The number of anilines is 2. The molecular weight excluding hydrogens is 450 g/mol. The highest BCUT2D eigenvalue weighted by Crippen LogP contribution is 2.24. The van der Waals surface area contributed by atoms with Crippen LogP contribution >= 0.6 is 31.9 Å². The van der Waals surface area contributed by atoms with E-state index in [0.29, 0.717) is 12.2 Å². The topological polar surface area (TPSA) is 85.3 Å². The van der Waals surface area contributed by atoms with Gasteiger partial charge in [-0.15, -0.1) is 0 Å². The summed E-state index contributed by atoms with van der Waals surface area (Å²) in [6, 6.07) is 3.81. The van der Waals surface area contributed by atoms with Gasteiger partial charge in [-0.25, -0.2) is 9.97 Å². The lowest BCUT2D eigenvalue weighted by atomic mass is 10.3. The number of carbonyl (C=O) groups excluding carboxylic acids is 1. The van der Waals surface area contributed by atoms with Gasteiger partial charge in [-0.2, -0.15) is 0 Å². The Kier molecular flexibility index (Phi) is 6.55. The first-order chi connectivity index (χ1) is 11.9. The first-order valence-electron chi connectivity index (χ1n) is 7.62. The summed E-state index contributed by atoms with van der Waals surface area (Å²) < 4.78 is 3.87. The lowest BCUT2D eigenvalue weighted by Crippen LogP contribution is -2.01. The van der Waals surface area contributed by atoms with Gasteiger partial charge in [-0.1, -0.05) is 6.92 Å². The van der Waals surface area contributed by atoms with Gasteiger partial charge in [0.05, 0.1) is 5.69 Å². The van der Waals surface area contributed by atoms with Gasteiger partial charge in [-0.3, -0.25) is 9.20 Å². The molecule has 0 radical (unpaired) electrons. The van der Waals surface area contributed by atoms with E-state index in [-0.39, 0.29) is 0 Å². The molecule has 3 rings (SSSR count). The Morgan fingerprint density at radius 2 is 1.92 bits per heavy atom. The van der Waals surface area contributed by atoms with Crippen molar-refractivity contribution in [2.75, 3.05) is 11.1 Å². The van der Waals surface area contributed by atoms with Crippen LogP contribution in [-0.4, -0.2) is 20.8 Å². The molecule has 3 N–H and O–H groups in total. The van der Waals surface area contributed by atoms with Crippen molar-refractivity contribution in [2.24, 2.45) is 0 Å². The number of fused-ring (bicyclic) bond motifs is 1. The molecule has 0 aliphatic rings. The van der Waals surface area contributed by atoms with Crippen molar-refractivity contribution in [3.05, 3.63) is 50.3 Å². The minimum absolute atomic E-state index is 0.565. The van der Waals surface area contributed by atoms with Gasteiger partial charge in [0, 0.05) is 21.3 Å². The van der Waals surface area contributed by atoms with E-state index in [2.05, 4.69) is 47.1 Å². The molecule has 0 unspecified atom stereocenters. The number of pyridine rings is 2. The van der Waals surface area contributed by atoms with Crippen LogP contribution in [0.5, 0.6) is 0 Å². The predicted molar refractivity (Wildman–Crippen MR) is 108 cm³/mol. The number of nitrogens with one attached hydrogen (secondary N) is 1. The first kappa shape index (κ1) is 19.4. The van der Waals surface area contributed by atoms with Crippen molar-refractivity contribution in [1.29, 1.82) is 0 Å². The number of hydrogen-bond acceptors (Lipinski definition) is 4. The summed E-state index contributed by atoms with van der Waals surface area (Å²) in [4.78, 5) is 18.9. The molecule has 132 valence electrons. The fraction of sp³-hybridized carbons (Fsp3) is 0.235. The maximum Gasteiger partial charge on any atom is 0.212 e. The third kappa shape index (κ3) is 4.58. The molecule has 1 amide bonds. The molecule has 0 saturated carbocycles. The summed E-state index contributed by atoms with van der Waals surface area (Å²) in [5.41, 5.74) is 9.37. The Balaban J connectivity index is 0.000000212. The van der Waals surface area contributed by atoms with Crippen LogP contribution in [0, 0.1) is 13.8 Å². The van der Waals surface area contributed by atoms with E-state index in [1.165, 1.54) is 0 Å². The standard InChI is InChI=1S/C11H12BrN3O.C6H7BrN2/c1-3-9-11(13-6-16)15-5-8(12)7(2)4-10(15)14-9;1-4-2-6(8)9-3-5(4)7/h4-6H,3H2,1-2H3,(H,13,16);2-3H,1H3,(H2,8,9). The number of amides is 1. The molecule has 25 heavy (non-hydrogen) atoms. The summed E-state index contributed by atoms with van der Waals surface area (Å²) in [7, 11) is 0. The molecule has 8 heteroatoms. The van der Waals surface area contributed by atoms with Gasteiger partial charge in [0.25, 0.3) is 0 Å². The maximum atomic E-state index is 10.6. The van der Waals surface area contributed by atoms with Gasteiger partial charge in [0.2, 0.25) is 6.41 Å². The zero-order valence-corrected chi connectivity index (χ0v) is 17.3.